The van der Waals surface area contributed by atoms with Crippen LogP contribution in [-0.4, -0.2) is 73.6 Å². The van der Waals surface area contributed by atoms with E-state index in [0.29, 0.717) is 24.4 Å². The fourth-order valence-electron chi connectivity index (χ4n) is 2.34. The third-order valence-corrected chi connectivity index (χ3v) is 3.41. The SMILES string of the molecule is CNc1nc(N(C)CC(O)COC)nc(N2CCCC2)n1. The smallest absolute Gasteiger partial charge is 0.231 e. The summed E-state index contributed by atoms with van der Waals surface area (Å²) in [7, 11) is 5.20. The van der Waals surface area contributed by atoms with Gasteiger partial charge in [-0.05, 0) is 12.8 Å². The van der Waals surface area contributed by atoms with Crippen LogP contribution in [0.2, 0.25) is 0 Å². The zero-order valence-corrected chi connectivity index (χ0v) is 12.9. The Bertz CT molecular complexity index is 452. The second-order valence-corrected chi connectivity index (χ2v) is 5.19. The first-order valence-corrected chi connectivity index (χ1v) is 7.21. The summed E-state index contributed by atoms with van der Waals surface area (Å²) in [4.78, 5) is 17.2. The van der Waals surface area contributed by atoms with Gasteiger partial charge in [-0.3, -0.25) is 0 Å². The molecular formula is C13H24N6O2. The number of anilines is 3. The van der Waals surface area contributed by atoms with Crippen molar-refractivity contribution in [3.05, 3.63) is 0 Å². The monoisotopic (exact) mass is 296 g/mol. The molecule has 1 atom stereocenters. The fourth-order valence-corrected chi connectivity index (χ4v) is 2.34. The molecule has 2 rings (SSSR count). The van der Waals surface area contributed by atoms with Gasteiger partial charge in [-0.25, -0.2) is 0 Å². The zero-order chi connectivity index (χ0) is 15.2. The number of hydrogen-bond donors (Lipinski definition) is 2. The van der Waals surface area contributed by atoms with Crippen LogP contribution in [0.5, 0.6) is 0 Å². The van der Waals surface area contributed by atoms with Gasteiger partial charge in [0.1, 0.15) is 0 Å². The van der Waals surface area contributed by atoms with E-state index in [4.69, 9.17) is 4.74 Å². The van der Waals surface area contributed by atoms with E-state index >= 15 is 0 Å². The second kappa shape index (κ2) is 7.37. The van der Waals surface area contributed by atoms with Crippen LogP contribution in [0.4, 0.5) is 17.8 Å². The van der Waals surface area contributed by atoms with E-state index in [0.717, 1.165) is 25.9 Å². The molecular weight excluding hydrogens is 272 g/mol. The summed E-state index contributed by atoms with van der Waals surface area (Å²) in [6.07, 6.45) is 1.75. The Morgan fingerprint density at radius 3 is 2.67 bits per heavy atom. The maximum absolute atomic E-state index is 9.82. The van der Waals surface area contributed by atoms with E-state index < -0.39 is 6.10 Å². The van der Waals surface area contributed by atoms with Crippen molar-refractivity contribution in [2.24, 2.45) is 0 Å². The second-order valence-electron chi connectivity index (χ2n) is 5.19. The first-order chi connectivity index (χ1) is 10.1. The number of aliphatic hydroxyl groups excluding tert-OH is 1. The van der Waals surface area contributed by atoms with Gasteiger partial charge < -0.3 is 25.0 Å². The minimum atomic E-state index is -0.579. The van der Waals surface area contributed by atoms with Crippen molar-refractivity contribution < 1.29 is 9.84 Å². The van der Waals surface area contributed by atoms with Crippen molar-refractivity contribution in [3.8, 4) is 0 Å². The molecule has 8 heteroatoms. The summed E-state index contributed by atoms with van der Waals surface area (Å²) in [5.74, 6) is 1.77. The summed E-state index contributed by atoms with van der Waals surface area (Å²) in [5, 5.41) is 12.8. The Morgan fingerprint density at radius 1 is 1.33 bits per heavy atom. The van der Waals surface area contributed by atoms with Gasteiger partial charge in [-0.15, -0.1) is 0 Å². The quantitative estimate of drug-likeness (QED) is 0.725. The van der Waals surface area contributed by atoms with Gasteiger partial charge >= 0.3 is 0 Å². The summed E-state index contributed by atoms with van der Waals surface area (Å²) in [6.45, 7) is 2.64. The number of aromatic nitrogens is 3. The number of hydrogen-bond acceptors (Lipinski definition) is 8. The van der Waals surface area contributed by atoms with E-state index in [-0.39, 0.29) is 6.61 Å². The van der Waals surface area contributed by atoms with Crippen molar-refractivity contribution in [1.29, 1.82) is 0 Å². The zero-order valence-electron chi connectivity index (χ0n) is 12.9. The molecule has 2 heterocycles. The molecule has 0 aliphatic carbocycles. The molecule has 1 aromatic heterocycles. The van der Waals surface area contributed by atoms with Crippen molar-refractivity contribution in [2.75, 3.05) is 62.6 Å². The van der Waals surface area contributed by atoms with Gasteiger partial charge in [-0.1, -0.05) is 0 Å². The van der Waals surface area contributed by atoms with Gasteiger partial charge in [0.2, 0.25) is 17.8 Å². The maximum atomic E-state index is 9.82. The molecule has 0 spiro atoms. The van der Waals surface area contributed by atoms with Crippen LogP contribution in [0.3, 0.4) is 0 Å². The fraction of sp³-hybridized carbons (Fsp3) is 0.769. The summed E-state index contributed by atoms with van der Waals surface area (Å²) in [5.41, 5.74) is 0. The minimum absolute atomic E-state index is 0.285. The molecule has 0 amide bonds. The lowest BCUT2D eigenvalue weighted by molar-refractivity contribution is 0.0693. The average Bonchev–Trinajstić information content (AvgIpc) is 3.01. The van der Waals surface area contributed by atoms with E-state index in [1.807, 2.05) is 11.9 Å². The molecule has 118 valence electrons. The van der Waals surface area contributed by atoms with Crippen molar-refractivity contribution in [2.45, 2.75) is 18.9 Å². The van der Waals surface area contributed by atoms with Crippen molar-refractivity contribution in [1.82, 2.24) is 15.0 Å². The van der Waals surface area contributed by atoms with Crippen LogP contribution in [0.1, 0.15) is 12.8 Å². The Balaban J connectivity index is 2.15. The third-order valence-electron chi connectivity index (χ3n) is 3.41. The van der Waals surface area contributed by atoms with Crippen LogP contribution in [0.25, 0.3) is 0 Å². The highest BCUT2D eigenvalue weighted by molar-refractivity contribution is 5.45. The van der Waals surface area contributed by atoms with E-state index in [9.17, 15) is 5.11 Å². The van der Waals surface area contributed by atoms with Gasteiger partial charge in [0.05, 0.1) is 12.7 Å². The predicted molar refractivity (Wildman–Crippen MR) is 82.0 cm³/mol. The molecule has 0 radical (unpaired) electrons. The van der Waals surface area contributed by atoms with E-state index in [2.05, 4.69) is 25.2 Å². The number of aliphatic hydroxyl groups is 1. The normalized spacial score (nSPS) is 16.1. The Kier molecular flexibility index (Phi) is 5.51. The Hall–Kier alpha value is -1.67. The van der Waals surface area contributed by atoms with Crippen LogP contribution in [0.15, 0.2) is 0 Å². The summed E-state index contributed by atoms with van der Waals surface area (Å²) >= 11 is 0. The molecule has 8 nitrogen and oxygen atoms in total. The molecule has 0 aromatic carbocycles. The largest absolute Gasteiger partial charge is 0.389 e. The molecule has 1 aliphatic heterocycles. The topological polar surface area (TPSA) is 86.6 Å². The first kappa shape index (κ1) is 15.7. The number of methoxy groups -OCH3 is 1. The molecule has 2 N–H and O–H groups in total. The highest BCUT2D eigenvalue weighted by Crippen LogP contribution is 2.19. The van der Waals surface area contributed by atoms with E-state index in [1.54, 1.807) is 14.2 Å². The van der Waals surface area contributed by atoms with Crippen molar-refractivity contribution >= 4 is 17.8 Å². The highest BCUT2D eigenvalue weighted by atomic mass is 16.5. The highest BCUT2D eigenvalue weighted by Gasteiger charge is 2.19. The van der Waals surface area contributed by atoms with Gasteiger partial charge in [0.25, 0.3) is 0 Å². The number of rotatable bonds is 7. The number of likely N-dealkylation sites (N-methyl/N-ethyl adjacent to an activating group) is 1. The molecule has 1 aliphatic rings. The molecule has 1 fully saturated rings. The molecule has 1 saturated heterocycles. The third kappa shape index (κ3) is 4.15. The van der Waals surface area contributed by atoms with Crippen LogP contribution >= 0.6 is 0 Å². The first-order valence-electron chi connectivity index (χ1n) is 7.21. The predicted octanol–water partition coefficient (Wildman–Crippen LogP) is -0.0430. The van der Waals surface area contributed by atoms with Crippen molar-refractivity contribution in [3.63, 3.8) is 0 Å². The lowest BCUT2D eigenvalue weighted by Gasteiger charge is -2.22. The van der Waals surface area contributed by atoms with E-state index in [1.165, 1.54) is 0 Å². The standard InChI is InChI=1S/C13H24N6O2/c1-14-11-15-12(18(2)8-10(20)9-21-3)17-13(16-11)19-6-4-5-7-19/h10,20H,4-9H2,1-3H3,(H,14,15,16,17). The number of nitrogens with zero attached hydrogens (tertiary/aromatic N) is 5. The van der Waals surface area contributed by atoms with Gasteiger partial charge in [0, 0.05) is 40.8 Å². The van der Waals surface area contributed by atoms with Gasteiger partial charge in [0.15, 0.2) is 0 Å². The number of nitrogens with one attached hydrogen (secondary N) is 1. The molecule has 21 heavy (non-hydrogen) atoms. The maximum Gasteiger partial charge on any atom is 0.231 e. The molecule has 0 bridgehead atoms. The summed E-state index contributed by atoms with van der Waals surface area (Å²) in [6, 6.07) is 0. The lowest BCUT2D eigenvalue weighted by atomic mass is 10.3. The van der Waals surface area contributed by atoms with Gasteiger partial charge in [-0.2, -0.15) is 15.0 Å². The van der Waals surface area contributed by atoms with Crippen LogP contribution < -0.4 is 15.1 Å². The molecule has 1 aromatic rings. The average molecular weight is 296 g/mol. The lowest BCUT2D eigenvalue weighted by Crippen LogP contribution is -2.33. The molecule has 0 saturated carbocycles. The minimum Gasteiger partial charge on any atom is -0.389 e. The Labute approximate surface area is 125 Å². The Morgan fingerprint density at radius 2 is 2.05 bits per heavy atom. The van der Waals surface area contributed by atoms with Crippen LogP contribution in [0, 0.1) is 0 Å². The summed E-state index contributed by atoms with van der Waals surface area (Å²) < 4.78 is 4.94. The van der Waals surface area contributed by atoms with Crippen LogP contribution in [-0.2, 0) is 4.74 Å². The number of ether oxygens (including phenoxy) is 1. The molecule has 1 unspecified atom stereocenters.